The highest BCUT2D eigenvalue weighted by atomic mass is 19.4. The molecule has 0 spiro atoms. The second-order valence-corrected chi connectivity index (χ2v) is 6.65. The van der Waals surface area contributed by atoms with Gasteiger partial charge in [-0.15, -0.1) is 0 Å². The lowest BCUT2D eigenvalue weighted by atomic mass is 9.86. The first kappa shape index (κ1) is 15.6. The minimum atomic E-state index is -4.17. The summed E-state index contributed by atoms with van der Waals surface area (Å²) in [5, 5.41) is 2.90. The summed E-state index contributed by atoms with van der Waals surface area (Å²) in [7, 11) is 0. The molecule has 2 amide bonds. The maximum absolute atomic E-state index is 12.4. The number of hydrogen-bond acceptors (Lipinski definition) is 2. The molecule has 1 aliphatic carbocycles. The Balaban J connectivity index is 1.45. The maximum Gasteiger partial charge on any atom is 0.401 e. The summed E-state index contributed by atoms with van der Waals surface area (Å²) in [6.45, 7) is 1.31. The van der Waals surface area contributed by atoms with E-state index in [4.69, 9.17) is 0 Å². The summed E-state index contributed by atoms with van der Waals surface area (Å²) in [5.74, 6) is 1.09. The van der Waals surface area contributed by atoms with E-state index < -0.39 is 12.7 Å². The van der Waals surface area contributed by atoms with E-state index in [1.165, 1.54) is 4.90 Å². The molecule has 0 unspecified atom stereocenters. The molecule has 7 heteroatoms. The van der Waals surface area contributed by atoms with E-state index in [1.54, 1.807) is 0 Å². The summed E-state index contributed by atoms with van der Waals surface area (Å²) in [5.41, 5.74) is 0. The van der Waals surface area contributed by atoms with E-state index >= 15 is 0 Å². The first-order valence-corrected chi connectivity index (χ1v) is 7.90. The van der Waals surface area contributed by atoms with Crippen LogP contribution in [0.15, 0.2) is 12.2 Å². The van der Waals surface area contributed by atoms with Gasteiger partial charge in [-0.05, 0) is 31.1 Å². The van der Waals surface area contributed by atoms with E-state index in [-0.39, 0.29) is 18.6 Å². The molecule has 124 valence electrons. The predicted octanol–water partition coefficient (Wildman–Crippen LogP) is 2.23. The fourth-order valence-corrected chi connectivity index (χ4v) is 3.79. The van der Waals surface area contributed by atoms with Crippen molar-refractivity contribution in [1.29, 1.82) is 0 Å². The van der Waals surface area contributed by atoms with Crippen LogP contribution in [0.1, 0.15) is 19.3 Å². The van der Waals surface area contributed by atoms with Gasteiger partial charge in [-0.25, -0.2) is 4.79 Å². The largest absolute Gasteiger partial charge is 0.401 e. The van der Waals surface area contributed by atoms with Gasteiger partial charge in [0.25, 0.3) is 0 Å². The number of likely N-dealkylation sites (tertiary alicyclic amines) is 2. The molecule has 0 saturated carbocycles. The first-order valence-electron chi connectivity index (χ1n) is 7.90. The van der Waals surface area contributed by atoms with Crippen molar-refractivity contribution >= 4 is 6.03 Å². The number of rotatable bonds is 2. The van der Waals surface area contributed by atoms with Crippen LogP contribution < -0.4 is 5.32 Å². The SMILES string of the molecule is O=C(N[C@H]1CCN(CC(F)(F)F)C1)N1C[C@H]2CC=CC[C@H]2C1. The minimum Gasteiger partial charge on any atom is -0.334 e. The van der Waals surface area contributed by atoms with Gasteiger partial charge in [0.05, 0.1) is 6.54 Å². The minimum absolute atomic E-state index is 0.117. The van der Waals surface area contributed by atoms with Crippen LogP contribution in [0.2, 0.25) is 0 Å². The number of hydrogen-bond donors (Lipinski definition) is 1. The third-order valence-corrected chi connectivity index (χ3v) is 4.91. The standard InChI is InChI=1S/C15H22F3N3O/c16-15(17,18)10-20-6-5-13(9-20)19-14(22)21-7-11-3-1-2-4-12(11)8-21/h1-2,11-13H,3-10H2,(H,19,22)/t11-,12+,13-/m0/s1. The summed E-state index contributed by atoms with van der Waals surface area (Å²) >= 11 is 0. The second kappa shape index (κ2) is 6.10. The van der Waals surface area contributed by atoms with Gasteiger partial charge >= 0.3 is 12.2 Å². The number of amides is 2. The van der Waals surface area contributed by atoms with Crippen molar-refractivity contribution in [2.75, 3.05) is 32.7 Å². The fourth-order valence-electron chi connectivity index (χ4n) is 3.79. The Labute approximate surface area is 128 Å². The van der Waals surface area contributed by atoms with Gasteiger partial charge in [0, 0.05) is 32.2 Å². The molecule has 0 aromatic rings. The van der Waals surface area contributed by atoms with Gasteiger partial charge in [0.2, 0.25) is 0 Å². The van der Waals surface area contributed by atoms with Crippen molar-refractivity contribution < 1.29 is 18.0 Å². The number of fused-ring (bicyclic) bond motifs is 1. The van der Waals surface area contributed by atoms with Crippen molar-refractivity contribution in [3.8, 4) is 0 Å². The van der Waals surface area contributed by atoms with E-state index in [0.29, 0.717) is 24.8 Å². The lowest BCUT2D eigenvalue weighted by molar-refractivity contribution is -0.143. The molecule has 3 atom stereocenters. The van der Waals surface area contributed by atoms with Gasteiger partial charge in [0.15, 0.2) is 0 Å². The van der Waals surface area contributed by atoms with Gasteiger partial charge in [-0.1, -0.05) is 12.2 Å². The molecular weight excluding hydrogens is 295 g/mol. The summed E-state index contributed by atoms with van der Waals surface area (Å²) in [6, 6.07) is -0.288. The van der Waals surface area contributed by atoms with E-state index in [1.807, 2.05) is 4.90 Å². The summed E-state index contributed by atoms with van der Waals surface area (Å²) in [6.07, 6.45) is 2.82. The number of alkyl halides is 3. The van der Waals surface area contributed by atoms with Crippen LogP contribution in [0.3, 0.4) is 0 Å². The van der Waals surface area contributed by atoms with E-state index in [9.17, 15) is 18.0 Å². The zero-order chi connectivity index (χ0) is 15.7. The molecule has 0 aromatic heterocycles. The molecule has 0 bridgehead atoms. The topological polar surface area (TPSA) is 35.6 Å². The lowest BCUT2D eigenvalue weighted by Crippen LogP contribution is -2.45. The normalized spacial score (nSPS) is 32.3. The zero-order valence-electron chi connectivity index (χ0n) is 12.5. The van der Waals surface area contributed by atoms with Crippen molar-refractivity contribution in [3.05, 3.63) is 12.2 Å². The van der Waals surface area contributed by atoms with Crippen LogP contribution in [-0.4, -0.2) is 60.8 Å². The van der Waals surface area contributed by atoms with Gasteiger partial charge in [-0.3, -0.25) is 4.90 Å². The van der Waals surface area contributed by atoms with Gasteiger partial charge in [-0.2, -0.15) is 13.2 Å². The zero-order valence-corrected chi connectivity index (χ0v) is 12.5. The third-order valence-electron chi connectivity index (χ3n) is 4.91. The fraction of sp³-hybridized carbons (Fsp3) is 0.800. The highest BCUT2D eigenvalue weighted by Crippen LogP contribution is 2.32. The average Bonchev–Trinajstić information content (AvgIpc) is 3.03. The molecule has 2 fully saturated rings. The van der Waals surface area contributed by atoms with Crippen molar-refractivity contribution in [3.63, 3.8) is 0 Å². The molecule has 3 aliphatic rings. The van der Waals surface area contributed by atoms with Crippen molar-refractivity contribution in [2.45, 2.75) is 31.5 Å². The Morgan fingerprint density at radius 3 is 2.36 bits per heavy atom. The Morgan fingerprint density at radius 2 is 1.77 bits per heavy atom. The Kier molecular flexibility index (Phi) is 4.34. The van der Waals surface area contributed by atoms with Crippen LogP contribution >= 0.6 is 0 Å². The Hall–Kier alpha value is -1.24. The van der Waals surface area contributed by atoms with Crippen LogP contribution in [0, 0.1) is 11.8 Å². The van der Waals surface area contributed by atoms with Gasteiger partial charge in [0.1, 0.15) is 0 Å². The predicted molar refractivity (Wildman–Crippen MR) is 76.4 cm³/mol. The average molecular weight is 317 g/mol. The number of carbonyl (C=O) groups is 1. The molecule has 22 heavy (non-hydrogen) atoms. The number of nitrogens with zero attached hydrogens (tertiary/aromatic N) is 2. The Bertz CT molecular complexity index is 436. The molecule has 2 heterocycles. The Morgan fingerprint density at radius 1 is 1.14 bits per heavy atom. The quantitative estimate of drug-likeness (QED) is 0.793. The van der Waals surface area contributed by atoms with Crippen LogP contribution in [-0.2, 0) is 0 Å². The monoisotopic (exact) mass is 317 g/mol. The first-order chi connectivity index (χ1) is 10.4. The highest BCUT2D eigenvalue weighted by Gasteiger charge is 2.37. The smallest absolute Gasteiger partial charge is 0.334 e. The number of carbonyl (C=O) groups excluding carboxylic acids is 1. The third kappa shape index (κ3) is 3.74. The van der Waals surface area contributed by atoms with Crippen molar-refractivity contribution in [2.24, 2.45) is 11.8 Å². The molecule has 3 rings (SSSR count). The van der Waals surface area contributed by atoms with Crippen LogP contribution in [0.5, 0.6) is 0 Å². The highest BCUT2D eigenvalue weighted by molar-refractivity contribution is 5.75. The number of halogens is 3. The summed E-state index contributed by atoms with van der Waals surface area (Å²) < 4.78 is 37.1. The van der Waals surface area contributed by atoms with E-state index in [2.05, 4.69) is 17.5 Å². The molecule has 2 aliphatic heterocycles. The maximum atomic E-state index is 12.4. The van der Waals surface area contributed by atoms with Crippen LogP contribution in [0.25, 0.3) is 0 Å². The number of allylic oxidation sites excluding steroid dienone is 2. The molecule has 4 nitrogen and oxygen atoms in total. The number of urea groups is 1. The van der Waals surface area contributed by atoms with Gasteiger partial charge < -0.3 is 10.2 Å². The molecular formula is C15H22F3N3O. The lowest BCUT2D eigenvalue weighted by Gasteiger charge is -2.21. The van der Waals surface area contributed by atoms with Crippen LogP contribution in [0.4, 0.5) is 18.0 Å². The second-order valence-electron chi connectivity index (χ2n) is 6.65. The van der Waals surface area contributed by atoms with Crippen molar-refractivity contribution in [1.82, 2.24) is 15.1 Å². The molecule has 2 saturated heterocycles. The molecule has 0 aromatic carbocycles. The molecule has 1 N–H and O–H groups in total. The summed E-state index contributed by atoms with van der Waals surface area (Å²) in [4.78, 5) is 15.5. The number of nitrogens with one attached hydrogen (secondary N) is 1. The van der Waals surface area contributed by atoms with E-state index in [0.717, 1.165) is 25.9 Å². The molecule has 0 radical (unpaired) electrons.